The Labute approximate surface area is 260 Å². The minimum atomic E-state index is -1.34. The second-order valence-corrected chi connectivity index (χ2v) is 13.4. The van der Waals surface area contributed by atoms with Crippen molar-refractivity contribution in [3.63, 3.8) is 0 Å². The molecule has 7 rings (SSSR count). The van der Waals surface area contributed by atoms with Gasteiger partial charge in [0, 0.05) is 48.8 Å². The van der Waals surface area contributed by atoms with Crippen LogP contribution in [-0.4, -0.2) is 45.1 Å². The van der Waals surface area contributed by atoms with E-state index in [1.807, 2.05) is 37.4 Å². The monoisotopic (exact) mass is 595 g/mol. The molecule has 232 valence electrons. The highest BCUT2D eigenvalue weighted by atomic mass is 19.1. The number of nitrogens with zero attached hydrogens (tertiary/aromatic N) is 4. The minimum Gasteiger partial charge on any atom is -0.355 e. The maximum absolute atomic E-state index is 14.7. The van der Waals surface area contributed by atoms with Crippen molar-refractivity contribution in [2.75, 3.05) is 18.0 Å². The summed E-state index contributed by atoms with van der Waals surface area (Å²) in [7, 11) is 0. The molecular formula is C37H46FN5O. The van der Waals surface area contributed by atoms with Gasteiger partial charge in [0.15, 0.2) is 5.78 Å². The smallest absolute Gasteiger partial charge is 0.159 e. The fourth-order valence-electron chi connectivity index (χ4n) is 6.73. The summed E-state index contributed by atoms with van der Waals surface area (Å²) in [5, 5.41) is 0. The predicted octanol–water partition coefficient (Wildman–Crippen LogP) is 8.05. The topological polar surface area (TPSA) is 77.0 Å². The number of unbranched alkanes of at least 4 members (excludes halogenated alkanes) is 1. The Kier molecular flexibility index (Phi) is 8.60. The lowest BCUT2D eigenvalue weighted by molar-refractivity contribution is 0.0663. The molecule has 2 aromatic heterocycles. The van der Waals surface area contributed by atoms with Crippen LogP contribution in [0.25, 0.3) is 22.2 Å². The molecule has 0 radical (unpaired) electrons. The van der Waals surface area contributed by atoms with Crippen molar-refractivity contribution in [2.24, 2.45) is 11.7 Å². The number of benzene rings is 2. The number of nitrogens with two attached hydrogens (primary N) is 1. The zero-order valence-electron chi connectivity index (χ0n) is 26.6. The van der Waals surface area contributed by atoms with Crippen LogP contribution < -0.4 is 10.6 Å². The number of piperidine rings is 1. The number of carbonyl (C=O) groups is 1. The molecule has 2 N–H and O–H groups in total. The lowest BCUT2D eigenvalue weighted by atomic mass is 9.82. The zero-order chi connectivity index (χ0) is 31.0. The van der Waals surface area contributed by atoms with Crippen LogP contribution >= 0.6 is 0 Å². The average molecular weight is 596 g/mol. The van der Waals surface area contributed by atoms with Gasteiger partial charge in [-0.15, -0.1) is 0 Å². The largest absolute Gasteiger partial charge is 0.355 e. The normalized spacial score (nSPS) is 24.6. The van der Waals surface area contributed by atoms with E-state index in [4.69, 9.17) is 15.7 Å². The number of fused-ring (bicyclic) bond motifs is 3. The van der Waals surface area contributed by atoms with Gasteiger partial charge in [-0.25, -0.2) is 14.4 Å². The number of hydrogen-bond acceptors (Lipinski definition) is 5. The van der Waals surface area contributed by atoms with Gasteiger partial charge in [-0.1, -0.05) is 51.0 Å². The Morgan fingerprint density at radius 3 is 2.55 bits per heavy atom. The number of Topliss-reactive ketones (excluding diaryl/α,β-unsaturated/α-hetero) is 1. The highest BCUT2D eigenvalue weighted by Gasteiger charge is 2.43. The van der Waals surface area contributed by atoms with Crippen LogP contribution in [-0.2, 0) is 6.54 Å². The van der Waals surface area contributed by atoms with Crippen molar-refractivity contribution >= 4 is 22.6 Å². The molecule has 2 fully saturated rings. The first-order valence-electron chi connectivity index (χ1n) is 16.4. The molecule has 3 unspecified atom stereocenters. The molecule has 4 heterocycles. The number of anilines is 1. The molecule has 6 nitrogen and oxygen atoms in total. The average Bonchev–Trinajstić information content (AvgIpc) is 3.71. The van der Waals surface area contributed by atoms with Crippen LogP contribution in [0.4, 0.5) is 10.2 Å². The van der Waals surface area contributed by atoms with Crippen molar-refractivity contribution < 1.29 is 9.18 Å². The van der Waals surface area contributed by atoms with E-state index >= 15 is 0 Å². The molecule has 0 amide bonds. The quantitative estimate of drug-likeness (QED) is 0.219. The Balaban J connectivity index is 0.000000238. The summed E-state index contributed by atoms with van der Waals surface area (Å²) in [6.07, 6.45) is 9.44. The van der Waals surface area contributed by atoms with E-state index in [0.29, 0.717) is 19.0 Å². The number of ketones is 1. The second kappa shape index (κ2) is 12.4. The number of pyridine rings is 1. The molecule has 1 saturated carbocycles. The third-order valence-electron chi connectivity index (χ3n) is 10.1. The Bertz CT molecular complexity index is 1610. The van der Waals surface area contributed by atoms with Crippen LogP contribution in [0.1, 0.15) is 99.8 Å². The van der Waals surface area contributed by atoms with Crippen molar-refractivity contribution in [3.8, 4) is 11.1 Å². The Morgan fingerprint density at radius 2 is 1.86 bits per heavy atom. The van der Waals surface area contributed by atoms with Crippen molar-refractivity contribution in [1.29, 1.82) is 0 Å². The van der Waals surface area contributed by atoms with Gasteiger partial charge in [-0.3, -0.25) is 4.79 Å². The molecule has 4 aromatic rings. The molecule has 0 spiro atoms. The zero-order valence-corrected chi connectivity index (χ0v) is 26.6. The summed E-state index contributed by atoms with van der Waals surface area (Å²) in [6.45, 7) is 9.57. The number of carbonyl (C=O) groups excluding carboxylic acids is 1. The third kappa shape index (κ3) is 6.16. The highest BCUT2D eigenvalue weighted by Crippen LogP contribution is 2.40. The maximum atomic E-state index is 14.7. The van der Waals surface area contributed by atoms with E-state index in [-0.39, 0.29) is 11.7 Å². The molecule has 2 aromatic carbocycles. The fraction of sp³-hybridized carbons (Fsp3) is 0.486. The molecule has 2 aliphatic heterocycles. The summed E-state index contributed by atoms with van der Waals surface area (Å²) in [5.41, 5.74) is 11.5. The van der Waals surface area contributed by atoms with Crippen molar-refractivity contribution in [3.05, 3.63) is 77.7 Å². The summed E-state index contributed by atoms with van der Waals surface area (Å²) >= 11 is 0. The second-order valence-electron chi connectivity index (χ2n) is 13.4. The summed E-state index contributed by atoms with van der Waals surface area (Å²) in [6, 6.07) is 18.1. The van der Waals surface area contributed by atoms with Crippen molar-refractivity contribution in [2.45, 2.75) is 96.3 Å². The van der Waals surface area contributed by atoms with Crippen LogP contribution in [0.3, 0.4) is 0 Å². The first kappa shape index (κ1) is 30.4. The van der Waals surface area contributed by atoms with Gasteiger partial charge < -0.3 is 15.2 Å². The van der Waals surface area contributed by atoms with E-state index in [1.165, 1.54) is 55.4 Å². The fourth-order valence-corrected chi connectivity index (χ4v) is 6.73. The molecule has 1 aliphatic carbocycles. The summed E-state index contributed by atoms with van der Waals surface area (Å²) < 4.78 is 17.1. The van der Waals surface area contributed by atoms with E-state index in [2.05, 4.69) is 46.7 Å². The number of hydrogen-bond donors (Lipinski definition) is 1. The molecule has 7 heteroatoms. The number of aryl methyl sites for hydroxylation is 1. The number of alkyl halides is 1. The van der Waals surface area contributed by atoms with Gasteiger partial charge in [0.25, 0.3) is 0 Å². The van der Waals surface area contributed by atoms with Crippen LogP contribution in [0, 0.1) is 5.92 Å². The lowest BCUT2D eigenvalue weighted by Crippen LogP contribution is -2.60. The third-order valence-corrected chi connectivity index (χ3v) is 10.1. The van der Waals surface area contributed by atoms with Gasteiger partial charge in [0.2, 0.25) is 0 Å². The Morgan fingerprint density at radius 1 is 1.07 bits per heavy atom. The van der Waals surface area contributed by atoms with Crippen molar-refractivity contribution in [1.82, 2.24) is 14.5 Å². The van der Waals surface area contributed by atoms with E-state index in [9.17, 15) is 9.18 Å². The van der Waals surface area contributed by atoms with E-state index in [0.717, 1.165) is 40.5 Å². The summed E-state index contributed by atoms with van der Waals surface area (Å²) in [5.74, 6) is 3.48. The first-order chi connectivity index (χ1) is 21.2. The molecule has 3 aliphatic rings. The van der Waals surface area contributed by atoms with Crippen LogP contribution in [0.2, 0.25) is 0 Å². The standard InChI is InChI=1S/C26H34FN5.C11H12O/c1-4-5-6-18-11-12-32-22-13-19(7-9-21(22)30-25(18)32)20-8-10-24(29-14-20)31-15-17(2)26(3,27)23(28)16-31;1-8(12)10-3-2-4-11(7-10)9-5-6-9/h7-10,13-14,17-18,23H,4-6,11-12,15-16,28H2,1-3H3;2-4,7,9H,5-6H2,1H3/t17?,18-,23?,26?;/m1./s1. The number of rotatable bonds is 7. The van der Waals surface area contributed by atoms with Gasteiger partial charge in [0.05, 0.1) is 17.1 Å². The Hall–Kier alpha value is -3.58. The maximum Gasteiger partial charge on any atom is 0.159 e. The summed E-state index contributed by atoms with van der Waals surface area (Å²) in [4.78, 5) is 22.8. The molecular weight excluding hydrogens is 549 g/mol. The van der Waals surface area contributed by atoms with E-state index in [1.54, 1.807) is 13.8 Å². The van der Waals surface area contributed by atoms with Gasteiger partial charge in [-0.05, 0) is 86.9 Å². The van der Waals surface area contributed by atoms with Crippen LogP contribution in [0.5, 0.6) is 0 Å². The molecule has 1 saturated heterocycles. The number of imidazole rings is 1. The predicted molar refractivity (Wildman–Crippen MR) is 177 cm³/mol. The van der Waals surface area contributed by atoms with Gasteiger partial charge in [0.1, 0.15) is 17.3 Å². The molecule has 0 bridgehead atoms. The van der Waals surface area contributed by atoms with Crippen LogP contribution in [0.15, 0.2) is 60.8 Å². The van der Waals surface area contributed by atoms with Gasteiger partial charge >= 0.3 is 0 Å². The SMILES string of the molecule is CC(=O)c1cccc(C2CC2)c1.CCCC[C@@H]1CCn2c1nc1ccc(-c3ccc(N4CC(C)C(C)(F)C(N)C4)nc3)cc12. The number of aromatic nitrogens is 3. The number of halogens is 1. The van der Waals surface area contributed by atoms with Gasteiger partial charge in [-0.2, -0.15) is 0 Å². The van der Waals surface area contributed by atoms with E-state index < -0.39 is 11.7 Å². The lowest BCUT2D eigenvalue weighted by Gasteiger charge is -2.44. The minimum absolute atomic E-state index is 0.139. The molecule has 4 atom stereocenters. The molecule has 44 heavy (non-hydrogen) atoms. The first-order valence-corrected chi connectivity index (χ1v) is 16.4. The highest BCUT2D eigenvalue weighted by molar-refractivity contribution is 5.94.